The lowest BCUT2D eigenvalue weighted by Gasteiger charge is -2.42. The van der Waals surface area contributed by atoms with E-state index in [9.17, 15) is 0 Å². The highest BCUT2D eigenvalue weighted by atomic mass is 15.2. The fourth-order valence-electron chi connectivity index (χ4n) is 9.30. The van der Waals surface area contributed by atoms with Crippen LogP contribution in [0, 0.1) is 0 Å². The molecule has 3 aliphatic rings. The molecule has 10 rings (SSSR count). The van der Waals surface area contributed by atoms with Crippen molar-refractivity contribution >= 4 is 44.4 Å². The van der Waals surface area contributed by atoms with E-state index in [4.69, 9.17) is 0 Å². The van der Waals surface area contributed by atoms with Crippen LogP contribution in [0.5, 0.6) is 0 Å². The van der Waals surface area contributed by atoms with Crippen LogP contribution in [0.4, 0.5) is 17.1 Å². The molecule has 50 heavy (non-hydrogen) atoms. The Morgan fingerprint density at radius 2 is 1.24 bits per heavy atom. The monoisotopic (exact) mass is 644 g/mol. The number of hydrogen-bond acceptors (Lipinski definition) is 1. The van der Waals surface area contributed by atoms with Crippen molar-refractivity contribution in [1.82, 2.24) is 4.57 Å². The van der Waals surface area contributed by atoms with Gasteiger partial charge in [-0.15, -0.1) is 0 Å². The minimum atomic E-state index is -0.197. The van der Waals surface area contributed by atoms with Gasteiger partial charge in [-0.3, -0.25) is 0 Å². The number of hydrogen-bond donors (Lipinski definition) is 0. The second-order valence-electron chi connectivity index (χ2n) is 15.3. The van der Waals surface area contributed by atoms with Gasteiger partial charge in [-0.05, 0) is 100 Å². The molecule has 0 spiro atoms. The Hall–Kier alpha value is -5.60. The van der Waals surface area contributed by atoms with Crippen molar-refractivity contribution in [1.29, 1.82) is 0 Å². The van der Waals surface area contributed by atoms with Gasteiger partial charge in [0, 0.05) is 33.0 Å². The lowest BCUT2D eigenvalue weighted by Crippen LogP contribution is -2.30. The van der Waals surface area contributed by atoms with Gasteiger partial charge in [0.05, 0.1) is 22.4 Å². The summed E-state index contributed by atoms with van der Waals surface area (Å²) in [4.78, 5) is 2.48. The van der Waals surface area contributed by atoms with Crippen LogP contribution in [0.3, 0.4) is 0 Å². The number of para-hydroxylation sites is 2. The van der Waals surface area contributed by atoms with E-state index in [-0.39, 0.29) is 10.8 Å². The maximum absolute atomic E-state index is 2.52. The van der Waals surface area contributed by atoms with Gasteiger partial charge >= 0.3 is 0 Å². The van der Waals surface area contributed by atoms with E-state index in [2.05, 4.69) is 183 Å². The number of allylic oxidation sites excluding steroid dienone is 4. The van der Waals surface area contributed by atoms with Crippen LogP contribution in [0.2, 0.25) is 0 Å². The minimum absolute atomic E-state index is 0.0195. The number of aromatic nitrogens is 1. The zero-order valence-electron chi connectivity index (χ0n) is 29.2. The molecule has 0 fully saturated rings. The standard InChI is InChI=1S/C48H40N2/c1-47(2)39-18-10-8-16-35(39)36-27-26-34(28-41(36)47)50-43-20-12-9-17-37(43)38-29-46-42(30-45(38)50)48(3,4)40-19-11-13-21-44(40)49(46)33-24-22-32(23-25-33)31-14-6-5-7-15-31/h5-9,11-17,19-30H,10,18H2,1-4H3. The average molecular weight is 645 g/mol. The zero-order valence-corrected chi connectivity index (χ0v) is 29.2. The Labute approximate surface area is 294 Å². The first-order valence-corrected chi connectivity index (χ1v) is 18.0. The van der Waals surface area contributed by atoms with E-state index in [0.29, 0.717) is 0 Å². The molecule has 2 nitrogen and oxygen atoms in total. The summed E-state index contributed by atoms with van der Waals surface area (Å²) >= 11 is 0. The predicted molar refractivity (Wildman–Crippen MR) is 211 cm³/mol. The van der Waals surface area contributed by atoms with Crippen molar-refractivity contribution in [3.8, 4) is 16.8 Å². The summed E-state index contributed by atoms with van der Waals surface area (Å²) in [7, 11) is 0. The van der Waals surface area contributed by atoms with Gasteiger partial charge in [-0.1, -0.05) is 130 Å². The molecular formula is C48H40N2. The Bertz CT molecular complexity index is 2570. The predicted octanol–water partition coefficient (Wildman–Crippen LogP) is 13.0. The summed E-state index contributed by atoms with van der Waals surface area (Å²) in [6.07, 6.45) is 6.98. The van der Waals surface area contributed by atoms with Crippen LogP contribution in [-0.4, -0.2) is 4.57 Å². The molecule has 0 saturated carbocycles. The third kappa shape index (κ3) is 4.02. The fourth-order valence-corrected chi connectivity index (χ4v) is 9.30. The molecule has 2 heteroatoms. The van der Waals surface area contributed by atoms with E-state index in [1.165, 1.54) is 83.5 Å². The molecule has 0 radical (unpaired) electrons. The molecule has 6 aromatic carbocycles. The lowest BCUT2D eigenvalue weighted by atomic mass is 9.73. The van der Waals surface area contributed by atoms with Crippen LogP contribution in [0.1, 0.15) is 62.8 Å². The highest BCUT2D eigenvalue weighted by Gasteiger charge is 2.39. The van der Waals surface area contributed by atoms with Gasteiger partial charge in [0.15, 0.2) is 0 Å². The summed E-state index contributed by atoms with van der Waals surface area (Å²) < 4.78 is 2.52. The van der Waals surface area contributed by atoms with E-state index in [1.54, 1.807) is 5.57 Å². The van der Waals surface area contributed by atoms with Crippen molar-refractivity contribution in [3.05, 3.63) is 173 Å². The summed E-state index contributed by atoms with van der Waals surface area (Å²) in [5, 5.41) is 2.56. The van der Waals surface area contributed by atoms with Crippen molar-refractivity contribution in [2.75, 3.05) is 4.90 Å². The molecule has 0 unspecified atom stereocenters. The summed E-state index contributed by atoms with van der Waals surface area (Å²) in [6, 6.07) is 49.8. The first-order chi connectivity index (χ1) is 24.3. The summed E-state index contributed by atoms with van der Waals surface area (Å²) in [5.41, 5.74) is 18.2. The summed E-state index contributed by atoms with van der Waals surface area (Å²) in [5.74, 6) is 0. The van der Waals surface area contributed by atoms with Crippen LogP contribution in [-0.2, 0) is 10.8 Å². The van der Waals surface area contributed by atoms with Crippen LogP contribution in [0.25, 0.3) is 44.2 Å². The van der Waals surface area contributed by atoms with Crippen LogP contribution in [0.15, 0.2) is 151 Å². The van der Waals surface area contributed by atoms with Crippen molar-refractivity contribution in [3.63, 3.8) is 0 Å². The van der Waals surface area contributed by atoms with Crippen LogP contribution < -0.4 is 4.90 Å². The van der Waals surface area contributed by atoms with Crippen molar-refractivity contribution in [2.24, 2.45) is 0 Å². The number of benzene rings is 6. The van der Waals surface area contributed by atoms with Gasteiger partial charge in [-0.25, -0.2) is 0 Å². The topological polar surface area (TPSA) is 8.17 Å². The molecule has 0 atom stereocenters. The summed E-state index contributed by atoms with van der Waals surface area (Å²) in [6.45, 7) is 9.61. The van der Waals surface area contributed by atoms with Gasteiger partial charge in [-0.2, -0.15) is 0 Å². The molecule has 0 bridgehead atoms. The van der Waals surface area contributed by atoms with Crippen molar-refractivity contribution in [2.45, 2.75) is 51.4 Å². The fraction of sp³-hybridized carbons (Fsp3) is 0.167. The molecule has 2 heterocycles. The molecule has 0 amide bonds. The third-order valence-corrected chi connectivity index (χ3v) is 11.9. The molecule has 0 N–H and O–H groups in total. The van der Waals surface area contributed by atoms with Gasteiger partial charge in [0.25, 0.3) is 0 Å². The second kappa shape index (κ2) is 10.5. The minimum Gasteiger partial charge on any atom is -0.310 e. The maximum Gasteiger partial charge on any atom is 0.0545 e. The molecule has 1 aliphatic heterocycles. The average Bonchev–Trinajstić information content (AvgIpc) is 3.59. The van der Waals surface area contributed by atoms with Gasteiger partial charge in [0.2, 0.25) is 0 Å². The number of anilines is 3. The quantitative estimate of drug-likeness (QED) is 0.186. The molecule has 0 saturated heterocycles. The van der Waals surface area contributed by atoms with E-state index >= 15 is 0 Å². The lowest BCUT2D eigenvalue weighted by molar-refractivity contribution is 0.607. The largest absolute Gasteiger partial charge is 0.310 e. The smallest absolute Gasteiger partial charge is 0.0545 e. The second-order valence-corrected chi connectivity index (χ2v) is 15.3. The Balaban J connectivity index is 1.20. The highest BCUT2D eigenvalue weighted by molar-refractivity contribution is 6.12. The number of rotatable bonds is 3. The highest BCUT2D eigenvalue weighted by Crippen LogP contribution is 2.54. The molecule has 242 valence electrons. The van der Waals surface area contributed by atoms with Crippen LogP contribution >= 0.6 is 0 Å². The SMILES string of the molecule is CC1(C)C2=C(C=CCC2)c2ccc(-n3c4ccccc4c4cc5c(cc43)C(C)(C)c3ccccc3N5c3ccc(-c4ccccc4)cc3)cc21. The molecule has 7 aromatic rings. The molecule has 1 aromatic heterocycles. The Kier molecular flexibility index (Phi) is 6.13. The maximum atomic E-state index is 2.52. The first kappa shape index (κ1) is 29.3. The van der Waals surface area contributed by atoms with Gasteiger partial charge < -0.3 is 9.47 Å². The van der Waals surface area contributed by atoms with E-state index in [1.807, 2.05) is 0 Å². The Morgan fingerprint density at radius 1 is 0.520 bits per heavy atom. The molecule has 2 aliphatic carbocycles. The number of nitrogens with zero attached hydrogens (tertiary/aromatic N) is 2. The normalized spacial score (nSPS) is 16.8. The zero-order chi connectivity index (χ0) is 33.8. The van der Waals surface area contributed by atoms with Gasteiger partial charge in [0.1, 0.15) is 0 Å². The third-order valence-electron chi connectivity index (χ3n) is 11.9. The van der Waals surface area contributed by atoms with E-state index in [0.717, 1.165) is 12.8 Å². The van der Waals surface area contributed by atoms with E-state index < -0.39 is 0 Å². The van der Waals surface area contributed by atoms with Crippen molar-refractivity contribution < 1.29 is 0 Å². The number of fused-ring (bicyclic) bond motifs is 7. The molecular weight excluding hydrogens is 605 g/mol. The Morgan fingerprint density at radius 3 is 2.08 bits per heavy atom. The first-order valence-electron chi connectivity index (χ1n) is 18.0.